The lowest BCUT2D eigenvalue weighted by Gasteiger charge is -2.10. The summed E-state index contributed by atoms with van der Waals surface area (Å²) in [7, 11) is 1.55. The lowest BCUT2D eigenvalue weighted by Crippen LogP contribution is -2.09. The summed E-state index contributed by atoms with van der Waals surface area (Å²) in [4.78, 5) is 9.29. The molecule has 0 aliphatic rings. The fourth-order valence-electron chi connectivity index (χ4n) is 1.50. The Morgan fingerprint density at radius 3 is 2.94 bits per heavy atom. The van der Waals surface area contributed by atoms with Crippen molar-refractivity contribution >= 4 is 38.9 Å². The Labute approximate surface area is 118 Å². The number of hydrogen-bond acceptors (Lipinski definition) is 6. The van der Waals surface area contributed by atoms with Crippen LogP contribution in [0.4, 0.5) is 11.6 Å². The number of anilines is 2. The highest BCUT2D eigenvalue weighted by molar-refractivity contribution is 9.11. The quantitative estimate of drug-likeness (QED) is 0.882. The van der Waals surface area contributed by atoms with E-state index in [1.54, 1.807) is 18.4 Å². The molecule has 0 unspecified atom stereocenters. The molecule has 2 heterocycles. The fraction of sp³-hybridized carbons (Fsp3) is 0.273. The number of aromatic nitrogens is 2. The van der Waals surface area contributed by atoms with Crippen molar-refractivity contribution in [3.63, 3.8) is 0 Å². The van der Waals surface area contributed by atoms with Crippen molar-refractivity contribution in [2.45, 2.75) is 6.42 Å². The van der Waals surface area contributed by atoms with Crippen LogP contribution >= 0.6 is 27.3 Å². The lowest BCUT2D eigenvalue weighted by molar-refractivity contribution is 0.415. The molecule has 0 aliphatic carbocycles. The summed E-state index contributed by atoms with van der Waals surface area (Å²) >= 11 is 5.17. The number of ether oxygens (including phenoxy) is 1. The van der Waals surface area contributed by atoms with Gasteiger partial charge in [0.25, 0.3) is 0 Å². The standard InChI is InChI=1S/C11H13BrN4OS/c1-17-9-10(13)15-6-16-11(9)14-5-4-7-2-3-8(12)18-7/h2-3,6H,4-5H2,1H3,(H3,13,14,15,16). The van der Waals surface area contributed by atoms with Crippen LogP contribution in [0.5, 0.6) is 5.75 Å². The molecule has 18 heavy (non-hydrogen) atoms. The van der Waals surface area contributed by atoms with Crippen molar-refractivity contribution in [2.75, 3.05) is 24.7 Å². The third-order valence-corrected chi connectivity index (χ3v) is 4.01. The van der Waals surface area contributed by atoms with Gasteiger partial charge in [0.2, 0.25) is 5.75 Å². The van der Waals surface area contributed by atoms with Crippen molar-refractivity contribution in [1.29, 1.82) is 0 Å². The first kappa shape index (κ1) is 13.1. The molecular weight excluding hydrogens is 316 g/mol. The summed E-state index contributed by atoms with van der Waals surface area (Å²) in [5, 5.41) is 3.20. The average Bonchev–Trinajstić information content (AvgIpc) is 2.75. The van der Waals surface area contributed by atoms with Gasteiger partial charge in [-0.05, 0) is 34.5 Å². The van der Waals surface area contributed by atoms with Crippen LogP contribution in [-0.2, 0) is 6.42 Å². The molecule has 96 valence electrons. The molecule has 0 bridgehead atoms. The topological polar surface area (TPSA) is 73.1 Å². The molecule has 7 heteroatoms. The molecule has 0 aromatic carbocycles. The fourth-order valence-corrected chi connectivity index (χ4v) is 2.99. The zero-order valence-electron chi connectivity index (χ0n) is 9.81. The molecule has 0 fully saturated rings. The lowest BCUT2D eigenvalue weighted by atomic mass is 10.3. The first-order chi connectivity index (χ1) is 8.70. The molecule has 0 aliphatic heterocycles. The number of nitrogens with zero attached hydrogens (tertiary/aromatic N) is 2. The van der Waals surface area contributed by atoms with E-state index >= 15 is 0 Å². The molecule has 2 rings (SSSR count). The Bertz CT molecular complexity index is 532. The van der Waals surface area contributed by atoms with Gasteiger partial charge in [0.05, 0.1) is 10.9 Å². The molecule has 3 N–H and O–H groups in total. The van der Waals surface area contributed by atoms with E-state index in [4.69, 9.17) is 10.5 Å². The second kappa shape index (κ2) is 6.01. The second-order valence-corrected chi connectivity index (χ2v) is 6.07. The monoisotopic (exact) mass is 328 g/mol. The van der Waals surface area contributed by atoms with E-state index in [1.807, 2.05) is 6.07 Å². The highest BCUT2D eigenvalue weighted by Gasteiger charge is 2.08. The van der Waals surface area contributed by atoms with E-state index in [2.05, 4.69) is 37.3 Å². The normalized spacial score (nSPS) is 10.3. The van der Waals surface area contributed by atoms with Crippen molar-refractivity contribution in [2.24, 2.45) is 0 Å². The third-order valence-electron chi connectivity index (χ3n) is 2.33. The number of nitrogens with two attached hydrogens (primary N) is 1. The average molecular weight is 329 g/mol. The van der Waals surface area contributed by atoms with Crippen LogP contribution in [0.1, 0.15) is 4.88 Å². The maximum atomic E-state index is 5.70. The highest BCUT2D eigenvalue weighted by atomic mass is 79.9. The van der Waals surface area contributed by atoms with E-state index in [0.717, 1.165) is 16.8 Å². The number of hydrogen-bond donors (Lipinski definition) is 2. The SMILES string of the molecule is COc1c(N)ncnc1NCCc1ccc(Br)s1. The third kappa shape index (κ3) is 3.11. The molecular formula is C11H13BrN4OS. The number of thiophene rings is 1. The number of methoxy groups -OCH3 is 1. The van der Waals surface area contributed by atoms with Gasteiger partial charge in [-0.3, -0.25) is 0 Å². The molecule has 5 nitrogen and oxygen atoms in total. The van der Waals surface area contributed by atoms with Crippen LogP contribution < -0.4 is 15.8 Å². The Kier molecular flexibility index (Phi) is 4.38. The van der Waals surface area contributed by atoms with Crippen LogP contribution in [0.25, 0.3) is 0 Å². The van der Waals surface area contributed by atoms with Gasteiger partial charge < -0.3 is 15.8 Å². The van der Waals surface area contributed by atoms with Crippen molar-refractivity contribution in [1.82, 2.24) is 9.97 Å². The maximum absolute atomic E-state index is 5.70. The summed E-state index contributed by atoms with van der Waals surface area (Å²) in [6, 6.07) is 4.14. The van der Waals surface area contributed by atoms with Gasteiger partial charge in [-0.25, -0.2) is 9.97 Å². The minimum Gasteiger partial charge on any atom is -0.490 e. The number of nitrogens with one attached hydrogen (secondary N) is 1. The zero-order chi connectivity index (χ0) is 13.0. The zero-order valence-corrected chi connectivity index (χ0v) is 12.2. The number of rotatable bonds is 5. The molecule has 0 radical (unpaired) electrons. The van der Waals surface area contributed by atoms with Gasteiger partial charge in [-0.15, -0.1) is 11.3 Å². The van der Waals surface area contributed by atoms with E-state index in [-0.39, 0.29) is 0 Å². The molecule has 0 atom stereocenters. The molecule has 0 saturated carbocycles. The number of nitrogen functional groups attached to an aromatic ring is 1. The van der Waals surface area contributed by atoms with Gasteiger partial charge >= 0.3 is 0 Å². The summed E-state index contributed by atoms with van der Waals surface area (Å²) in [6.45, 7) is 0.764. The Morgan fingerprint density at radius 1 is 1.44 bits per heavy atom. The second-order valence-electron chi connectivity index (χ2n) is 3.52. The van der Waals surface area contributed by atoms with Crippen LogP contribution in [-0.4, -0.2) is 23.6 Å². The van der Waals surface area contributed by atoms with E-state index in [0.29, 0.717) is 17.4 Å². The molecule has 2 aromatic heterocycles. The minimum atomic E-state index is 0.342. The van der Waals surface area contributed by atoms with Crippen LogP contribution in [0.2, 0.25) is 0 Å². The predicted octanol–water partition coefficient (Wildman–Crippen LogP) is 2.55. The van der Waals surface area contributed by atoms with Crippen molar-refractivity contribution in [3.05, 3.63) is 27.1 Å². The molecule has 0 saturated heterocycles. The summed E-state index contributed by atoms with van der Waals surface area (Å²) < 4.78 is 6.31. The van der Waals surface area contributed by atoms with Gasteiger partial charge in [-0.1, -0.05) is 0 Å². The first-order valence-electron chi connectivity index (χ1n) is 5.33. The van der Waals surface area contributed by atoms with Crippen LogP contribution in [0.3, 0.4) is 0 Å². The van der Waals surface area contributed by atoms with Gasteiger partial charge in [0.15, 0.2) is 11.6 Å². The van der Waals surface area contributed by atoms with Gasteiger partial charge in [0, 0.05) is 11.4 Å². The smallest absolute Gasteiger partial charge is 0.203 e. The van der Waals surface area contributed by atoms with Gasteiger partial charge in [0.1, 0.15) is 6.33 Å². The maximum Gasteiger partial charge on any atom is 0.203 e. The Morgan fingerprint density at radius 2 is 2.28 bits per heavy atom. The highest BCUT2D eigenvalue weighted by Crippen LogP contribution is 2.26. The van der Waals surface area contributed by atoms with Gasteiger partial charge in [-0.2, -0.15) is 0 Å². The van der Waals surface area contributed by atoms with E-state index in [9.17, 15) is 0 Å². The molecule has 2 aromatic rings. The predicted molar refractivity (Wildman–Crippen MR) is 77.2 cm³/mol. The van der Waals surface area contributed by atoms with Crippen LogP contribution in [0, 0.1) is 0 Å². The van der Waals surface area contributed by atoms with E-state index in [1.165, 1.54) is 11.2 Å². The Hall–Kier alpha value is -1.34. The molecule has 0 spiro atoms. The largest absolute Gasteiger partial charge is 0.490 e. The number of halogens is 1. The minimum absolute atomic E-state index is 0.342. The summed E-state index contributed by atoms with van der Waals surface area (Å²) in [5.41, 5.74) is 5.70. The first-order valence-corrected chi connectivity index (χ1v) is 6.94. The summed E-state index contributed by atoms with van der Waals surface area (Å²) in [6.07, 6.45) is 2.34. The Balaban J connectivity index is 1.96. The van der Waals surface area contributed by atoms with Crippen LogP contribution in [0.15, 0.2) is 22.2 Å². The van der Waals surface area contributed by atoms with E-state index < -0.39 is 0 Å². The molecule has 0 amide bonds. The van der Waals surface area contributed by atoms with Crippen molar-refractivity contribution < 1.29 is 4.74 Å². The summed E-state index contributed by atoms with van der Waals surface area (Å²) in [5.74, 6) is 1.46. The van der Waals surface area contributed by atoms with Crippen molar-refractivity contribution in [3.8, 4) is 5.75 Å².